The van der Waals surface area contributed by atoms with Gasteiger partial charge in [0.2, 0.25) is 0 Å². The van der Waals surface area contributed by atoms with Gasteiger partial charge in [0.25, 0.3) is 21.8 Å². The van der Waals surface area contributed by atoms with E-state index in [0.717, 1.165) is 48.8 Å². The van der Waals surface area contributed by atoms with Crippen LogP contribution >= 0.6 is 0 Å². The van der Waals surface area contributed by atoms with Crippen LogP contribution in [0.15, 0.2) is 88.9 Å². The highest BCUT2D eigenvalue weighted by atomic mass is 32.2. The van der Waals surface area contributed by atoms with Gasteiger partial charge < -0.3 is 9.64 Å². The Kier molecular flexibility index (Phi) is 9.27. The van der Waals surface area contributed by atoms with Crippen LogP contribution < -0.4 is 14.5 Å². The molecule has 204 valence electrons. The maximum Gasteiger partial charge on any atom is 0.264 e. The summed E-state index contributed by atoms with van der Waals surface area (Å²) in [7, 11) is -4.11. The first-order chi connectivity index (χ1) is 18.8. The number of sulfonamides is 1. The van der Waals surface area contributed by atoms with Crippen LogP contribution in [-0.2, 0) is 19.6 Å². The highest BCUT2D eigenvalue weighted by Crippen LogP contribution is 2.23. The molecule has 1 aliphatic rings. The Bertz CT molecular complexity index is 1390. The average molecular weight is 553 g/mol. The fourth-order valence-corrected chi connectivity index (χ4v) is 5.46. The fourth-order valence-electron chi connectivity index (χ4n) is 4.02. The smallest absolute Gasteiger partial charge is 0.264 e. The highest BCUT2D eigenvalue weighted by Gasteiger charge is 2.27. The molecule has 0 aromatic heterocycles. The van der Waals surface area contributed by atoms with Gasteiger partial charge in [0.05, 0.1) is 16.8 Å². The molecule has 11 heteroatoms. The van der Waals surface area contributed by atoms with E-state index in [1.165, 1.54) is 30.5 Å². The van der Waals surface area contributed by atoms with E-state index in [9.17, 15) is 22.4 Å². The summed E-state index contributed by atoms with van der Waals surface area (Å²) >= 11 is 0. The van der Waals surface area contributed by atoms with Gasteiger partial charge in [0, 0.05) is 13.1 Å². The van der Waals surface area contributed by atoms with Crippen LogP contribution in [0.5, 0.6) is 5.75 Å². The van der Waals surface area contributed by atoms with Crippen molar-refractivity contribution in [3.8, 4) is 5.75 Å². The van der Waals surface area contributed by atoms with Crippen LogP contribution in [0.2, 0.25) is 0 Å². The highest BCUT2D eigenvalue weighted by molar-refractivity contribution is 7.92. The molecule has 2 amide bonds. The molecule has 9 nitrogen and oxygen atoms in total. The molecule has 0 radical (unpaired) electrons. The summed E-state index contributed by atoms with van der Waals surface area (Å²) in [6.45, 7) is 0.935. The molecule has 1 N–H and O–H groups in total. The fraction of sp³-hybridized carbons (Fsp3) is 0.250. The minimum Gasteiger partial charge on any atom is -0.484 e. The molecule has 1 fully saturated rings. The van der Waals surface area contributed by atoms with Crippen LogP contribution in [0, 0.1) is 5.82 Å². The lowest BCUT2D eigenvalue weighted by Gasteiger charge is -2.26. The zero-order valence-corrected chi connectivity index (χ0v) is 22.0. The Morgan fingerprint density at radius 1 is 0.949 bits per heavy atom. The number of halogens is 1. The molecule has 0 aliphatic carbocycles. The van der Waals surface area contributed by atoms with Crippen molar-refractivity contribution < 1.29 is 27.1 Å². The van der Waals surface area contributed by atoms with Gasteiger partial charge in [-0.15, -0.1) is 0 Å². The third-order valence-corrected chi connectivity index (χ3v) is 7.88. The van der Waals surface area contributed by atoms with E-state index in [1.807, 2.05) is 4.90 Å². The van der Waals surface area contributed by atoms with Crippen LogP contribution in [0.25, 0.3) is 0 Å². The Balaban J connectivity index is 1.35. The summed E-state index contributed by atoms with van der Waals surface area (Å²) in [5.74, 6) is -0.726. The quantitative estimate of drug-likeness (QED) is 0.306. The van der Waals surface area contributed by atoms with E-state index in [1.54, 1.807) is 42.5 Å². The summed E-state index contributed by atoms with van der Waals surface area (Å²) in [6.07, 6.45) is 4.58. The van der Waals surface area contributed by atoms with Crippen molar-refractivity contribution in [2.45, 2.75) is 24.2 Å². The molecular weight excluding hydrogens is 523 g/mol. The van der Waals surface area contributed by atoms with Gasteiger partial charge in [0.1, 0.15) is 18.1 Å². The third-order valence-electron chi connectivity index (χ3n) is 6.09. The van der Waals surface area contributed by atoms with Crippen LogP contribution in [0.1, 0.15) is 24.8 Å². The number of likely N-dealkylation sites (tertiary alicyclic amines) is 1. The molecule has 0 unspecified atom stereocenters. The van der Waals surface area contributed by atoms with E-state index in [0.29, 0.717) is 11.3 Å². The average Bonchev–Trinajstić information content (AvgIpc) is 2.97. The van der Waals surface area contributed by atoms with Crippen LogP contribution in [0.4, 0.5) is 10.1 Å². The number of hydrogen-bond acceptors (Lipinski definition) is 6. The van der Waals surface area contributed by atoms with Crippen molar-refractivity contribution in [3.05, 3.63) is 90.2 Å². The summed E-state index contributed by atoms with van der Waals surface area (Å²) < 4.78 is 46.4. The number of hydrazone groups is 1. The Morgan fingerprint density at radius 3 is 2.28 bits per heavy atom. The van der Waals surface area contributed by atoms with Gasteiger partial charge in [-0.2, -0.15) is 5.10 Å². The van der Waals surface area contributed by atoms with Gasteiger partial charge in [-0.05, 0) is 85.5 Å². The van der Waals surface area contributed by atoms with Crippen molar-refractivity contribution in [1.29, 1.82) is 0 Å². The molecule has 0 atom stereocenters. The number of rotatable bonds is 10. The van der Waals surface area contributed by atoms with Gasteiger partial charge >= 0.3 is 0 Å². The second-order valence-electron chi connectivity index (χ2n) is 8.89. The summed E-state index contributed by atoms with van der Waals surface area (Å²) in [6, 6.07) is 19.3. The molecule has 0 bridgehead atoms. The minimum atomic E-state index is -4.11. The van der Waals surface area contributed by atoms with Gasteiger partial charge in [-0.3, -0.25) is 13.9 Å². The van der Waals surface area contributed by atoms with Crippen molar-refractivity contribution in [2.24, 2.45) is 5.10 Å². The largest absolute Gasteiger partial charge is 0.484 e. The second-order valence-corrected chi connectivity index (χ2v) is 10.8. The number of piperidine rings is 1. The number of anilines is 1. The first-order valence-electron chi connectivity index (χ1n) is 12.5. The second kappa shape index (κ2) is 13.0. The zero-order valence-electron chi connectivity index (χ0n) is 21.2. The molecule has 1 saturated heterocycles. The molecule has 1 aliphatic heterocycles. The molecule has 3 aromatic carbocycles. The molecular formula is C28H29FN4O5S. The topological polar surface area (TPSA) is 108 Å². The minimum absolute atomic E-state index is 0.00874. The first-order valence-corrected chi connectivity index (χ1v) is 13.9. The third kappa shape index (κ3) is 7.64. The van der Waals surface area contributed by atoms with Crippen molar-refractivity contribution in [3.63, 3.8) is 0 Å². The Morgan fingerprint density at radius 2 is 1.62 bits per heavy atom. The lowest BCUT2D eigenvalue weighted by Crippen LogP contribution is -2.39. The van der Waals surface area contributed by atoms with Gasteiger partial charge in [-0.25, -0.2) is 18.2 Å². The lowest BCUT2D eigenvalue weighted by molar-refractivity contribution is -0.134. The van der Waals surface area contributed by atoms with E-state index in [-0.39, 0.29) is 23.1 Å². The molecule has 1 heterocycles. The van der Waals surface area contributed by atoms with E-state index in [4.69, 9.17) is 4.74 Å². The first kappa shape index (κ1) is 27.8. The van der Waals surface area contributed by atoms with Crippen molar-refractivity contribution in [2.75, 3.05) is 30.5 Å². The number of hydrogen-bond donors (Lipinski definition) is 1. The summed E-state index contributed by atoms with van der Waals surface area (Å²) in [5.41, 5.74) is 3.11. The number of carbonyl (C=O) groups excluding carboxylic acids is 2. The zero-order chi connectivity index (χ0) is 27.7. The number of nitrogens with zero attached hydrogens (tertiary/aromatic N) is 3. The SMILES string of the molecule is O=C(CN(c1ccc(F)cc1)S(=O)(=O)c1ccccc1)N/N=C\c1ccc(OCC(=O)N2CCCCC2)cc1. The van der Waals surface area contributed by atoms with E-state index in [2.05, 4.69) is 10.5 Å². The van der Waals surface area contributed by atoms with Gasteiger partial charge in [-0.1, -0.05) is 18.2 Å². The molecule has 0 saturated carbocycles. The standard InChI is InChI=1S/C28H29FN4O5S/c29-23-11-13-24(14-12-23)33(39(36,37)26-7-3-1-4-8-26)20-27(34)31-30-19-22-9-15-25(16-10-22)38-21-28(35)32-17-5-2-6-18-32/h1,3-4,7-16,19H,2,5-6,17-18,20-21H2,(H,31,34)/b30-19-. The van der Waals surface area contributed by atoms with Crippen LogP contribution in [0.3, 0.4) is 0 Å². The summed E-state index contributed by atoms with van der Waals surface area (Å²) in [5, 5.41) is 3.91. The molecule has 39 heavy (non-hydrogen) atoms. The predicted molar refractivity (Wildman–Crippen MR) is 145 cm³/mol. The predicted octanol–water partition coefficient (Wildman–Crippen LogP) is 3.56. The lowest BCUT2D eigenvalue weighted by atomic mass is 10.1. The van der Waals surface area contributed by atoms with Crippen molar-refractivity contribution >= 4 is 33.7 Å². The number of amides is 2. The number of carbonyl (C=O) groups is 2. The Labute approximate surface area is 226 Å². The molecule has 4 rings (SSSR count). The van der Waals surface area contributed by atoms with Crippen molar-refractivity contribution in [1.82, 2.24) is 10.3 Å². The van der Waals surface area contributed by atoms with Crippen LogP contribution in [-0.4, -0.2) is 57.6 Å². The van der Waals surface area contributed by atoms with Gasteiger partial charge in [0.15, 0.2) is 6.61 Å². The van der Waals surface area contributed by atoms with E-state index < -0.39 is 28.3 Å². The number of nitrogens with one attached hydrogen (secondary N) is 1. The molecule has 0 spiro atoms. The Hall–Kier alpha value is -4.25. The maximum atomic E-state index is 13.4. The molecule has 3 aromatic rings. The number of benzene rings is 3. The summed E-state index contributed by atoms with van der Waals surface area (Å²) in [4.78, 5) is 26.7. The normalized spacial score (nSPS) is 13.7. The maximum absolute atomic E-state index is 13.4. The monoisotopic (exact) mass is 552 g/mol. The number of ether oxygens (including phenoxy) is 1. The van der Waals surface area contributed by atoms with E-state index >= 15 is 0 Å².